The van der Waals surface area contributed by atoms with Gasteiger partial charge in [0.1, 0.15) is 11.5 Å². The van der Waals surface area contributed by atoms with Crippen LogP contribution < -0.4 is 16.0 Å². The van der Waals surface area contributed by atoms with Gasteiger partial charge in [-0.25, -0.2) is 12.7 Å². The Morgan fingerprint density at radius 3 is 2.55 bits per heavy atom. The van der Waals surface area contributed by atoms with Crippen LogP contribution >= 0.6 is 11.3 Å². The number of carbonyl (C=O) groups excluding carboxylic acids is 2. The Bertz CT molecular complexity index is 1080. The Hall–Kier alpha value is -2.27. The molecule has 0 radical (unpaired) electrons. The first-order chi connectivity index (χ1) is 14.6. The number of primary amides is 1. The fraction of sp³-hybridized carbons (Fsp3) is 0.429. The lowest BCUT2D eigenvalue weighted by molar-refractivity contribution is -0.895. The van der Waals surface area contributed by atoms with Crippen molar-refractivity contribution in [1.82, 2.24) is 4.31 Å². The van der Waals surface area contributed by atoms with Gasteiger partial charge in [0.15, 0.2) is 0 Å². The van der Waals surface area contributed by atoms with Crippen molar-refractivity contribution in [2.75, 3.05) is 32.5 Å². The number of quaternary nitrogens is 1. The number of nitrogens with zero attached hydrogens (tertiary/aromatic N) is 1. The molecule has 0 fully saturated rings. The summed E-state index contributed by atoms with van der Waals surface area (Å²) in [5.74, 6) is -0.964. The second kappa shape index (κ2) is 9.47. The number of thiophene rings is 1. The predicted molar refractivity (Wildman–Crippen MR) is 121 cm³/mol. The lowest BCUT2D eigenvalue weighted by atomic mass is 10.0. The van der Waals surface area contributed by atoms with Gasteiger partial charge in [0.25, 0.3) is 11.8 Å². The van der Waals surface area contributed by atoms with Crippen molar-refractivity contribution in [3.8, 4) is 0 Å². The molecule has 2 aromatic rings. The van der Waals surface area contributed by atoms with Crippen LogP contribution in [-0.4, -0.2) is 51.7 Å². The molecule has 31 heavy (non-hydrogen) atoms. The summed E-state index contributed by atoms with van der Waals surface area (Å²) in [6.07, 6.45) is 2.42. The van der Waals surface area contributed by atoms with E-state index in [1.807, 2.05) is 6.92 Å². The lowest BCUT2D eigenvalue weighted by Gasteiger charge is -2.19. The fourth-order valence-electron chi connectivity index (χ4n) is 3.60. The quantitative estimate of drug-likeness (QED) is 0.541. The first-order valence-corrected chi connectivity index (χ1v) is 12.5. The third-order valence-electron chi connectivity index (χ3n) is 5.48. The molecule has 1 aliphatic heterocycles. The highest BCUT2D eigenvalue weighted by Crippen LogP contribution is 2.34. The van der Waals surface area contributed by atoms with E-state index in [0.717, 1.165) is 42.8 Å². The van der Waals surface area contributed by atoms with Crippen molar-refractivity contribution in [3.05, 3.63) is 45.8 Å². The number of carbonyl (C=O) groups is 2. The Balaban J connectivity index is 1.80. The first kappa shape index (κ1) is 23.4. The Kier molecular flexibility index (Phi) is 7.15. The smallest absolute Gasteiger partial charge is 0.256 e. The molecule has 0 saturated heterocycles. The molecule has 168 valence electrons. The van der Waals surface area contributed by atoms with E-state index >= 15 is 0 Å². The third-order valence-corrected chi connectivity index (χ3v) is 8.50. The van der Waals surface area contributed by atoms with Gasteiger partial charge in [0, 0.05) is 25.6 Å². The van der Waals surface area contributed by atoms with Crippen molar-refractivity contribution >= 4 is 38.2 Å². The van der Waals surface area contributed by atoms with Gasteiger partial charge in [-0.1, -0.05) is 13.3 Å². The molecule has 0 saturated carbocycles. The number of hydrogen-bond donors (Lipinski definition) is 3. The van der Waals surface area contributed by atoms with Crippen molar-refractivity contribution in [2.45, 2.75) is 37.6 Å². The highest BCUT2D eigenvalue weighted by Gasteiger charge is 2.28. The minimum absolute atomic E-state index is 0.137. The topological polar surface area (TPSA) is 114 Å². The van der Waals surface area contributed by atoms with Crippen LogP contribution in [0.5, 0.6) is 0 Å². The molecule has 1 unspecified atom stereocenters. The highest BCUT2D eigenvalue weighted by molar-refractivity contribution is 7.89. The van der Waals surface area contributed by atoms with Gasteiger partial charge in [0.05, 0.1) is 28.9 Å². The van der Waals surface area contributed by atoms with Gasteiger partial charge < -0.3 is 16.0 Å². The van der Waals surface area contributed by atoms with Crippen LogP contribution in [0.25, 0.3) is 0 Å². The Morgan fingerprint density at radius 2 is 1.94 bits per heavy atom. The molecule has 1 aromatic heterocycles. The molecule has 2 heterocycles. The number of hydrogen-bond acceptors (Lipinski definition) is 5. The van der Waals surface area contributed by atoms with Gasteiger partial charge >= 0.3 is 0 Å². The van der Waals surface area contributed by atoms with E-state index < -0.39 is 21.8 Å². The number of benzene rings is 1. The van der Waals surface area contributed by atoms with Crippen LogP contribution in [0.15, 0.2) is 29.2 Å². The predicted octanol–water partition coefficient (Wildman–Crippen LogP) is 1.09. The van der Waals surface area contributed by atoms with Crippen molar-refractivity contribution in [3.63, 3.8) is 0 Å². The molecule has 1 atom stereocenters. The number of unbranched alkanes of at least 4 members (excludes halogenated alkanes) is 1. The third kappa shape index (κ3) is 4.98. The Morgan fingerprint density at radius 1 is 1.26 bits per heavy atom. The zero-order chi connectivity index (χ0) is 22.8. The van der Waals surface area contributed by atoms with Gasteiger partial charge in [-0.3, -0.25) is 9.59 Å². The normalized spacial score (nSPS) is 16.2. The van der Waals surface area contributed by atoms with Crippen molar-refractivity contribution < 1.29 is 22.9 Å². The maximum Gasteiger partial charge on any atom is 0.256 e. The van der Waals surface area contributed by atoms with Crippen LogP contribution in [-0.2, 0) is 23.0 Å². The maximum atomic E-state index is 12.8. The molecule has 0 aliphatic carbocycles. The number of rotatable bonds is 8. The van der Waals surface area contributed by atoms with Gasteiger partial charge in [0.2, 0.25) is 10.0 Å². The van der Waals surface area contributed by atoms with E-state index in [2.05, 4.69) is 12.4 Å². The average Bonchev–Trinajstić information content (AvgIpc) is 3.08. The zero-order valence-electron chi connectivity index (χ0n) is 18.0. The van der Waals surface area contributed by atoms with Gasteiger partial charge in [-0.2, -0.15) is 0 Å². The summed E-state index contributed by atoms with van der Waals surface area (Å²) < 4.78 is 26.6. The molecule has 8 nitrogen and oxygen atoms in total. The number of sulfonamides is 1. The summed E-state index contributed by atoms with van der Waals surface area (Å²) in [6, 6.07) is 5.81. The number of fused-ring (bicyclic) bond motifs is 1. The minimum atomic E-state index is -3.60. The zero-order valence-corrected chi connectivity index (χ0v) is 19.7. The van der Waals surface area contributed by atoms with Crippen LogP contribution in [0.4, 0.5) is 5.00 Å². The number of anilines is 1. The molecular weight excluding hydrogens is 436 g/mol. The van der Waals surface area contributed by atoms with Gasteiger partial charge in [-0.05, 0) is 36.2 Å². The van der Waals surface area contributed by atoms with E-state index in [1.54, 1.807) is 7.05 Å². The molecule has 3 rings (SSSR count). The van der Waals surface area contributed by atoms with Crippen molar-refractivity contribution in [1.29, 1.82) is 0 Å². The maximum absolute atomic E-state index is 12.8. The fourth-order valence-corrected chi connectivity index (χ4v) is 6.17. The van der Waals surface area contributed by atoms with Crippen LogP contribution in [0, 0.1) is 0 Å². The Labute approximate surface area is 187 Å². The number of amides is 2. The average molecular weight is 466 g/mol. The molecule has 0 spiro atoms. The van der Waals surface area contributed by atoms with E-state index in [1.165, 1.54) is 44.8 Å². The summed E-state index contributed by atoms with van der Waals surface area (Å²) >= 11 is 1.38. The van der Waals surface area contributed by atoms with E-state index in [0.29, 0.717) is 22.7 Å². The molecule has 0 bridgehead atoms. The largest absolute Gasteiger partial charge is 0.365 e. The van der Waals surface area contributed by atoms with E-state index in [9.17, 15) is 18.0 Å². The molecular formula is C21H29N4O4S2+. The summed E-state index contributed by atoms with van der Waals surface area (Å²) in [5, 5.41) is 3.25. The highest BCUT2D eigenvalue weighted by atomic mass is 32.2. The summed E-state index contributed by atoms with van der Waals surface area (Å²) in [4.78, 5) is 27.4. The SMILES string of the molecule is CCCCN(C)S(=O)(=O)c1ccc(C(=O)Nc2sc3c(c2C(N)=O)CC[NH+](C)C3)cc1. The monoisotopic (exact) mass is 465 g/mol. The summed E-state index contributed by atoms with van der Waals surface area (Å²) in [7, 11) is 0.0360. The summed E-state index contributed by atoms with van der Waals surface area (Å²) in [5.41, 5.74) is 7.22. The van der Waals surface area contributed by atoms with Crippen LogP contribution in [0.3, 0.4) is 0 Å². The molecule has 10 heteroatoms. The standard InChI is InChI=1S/C21H28N4O4S2/c1-4-5-11-25(3)31(28,29)15-8-6-14(7-9-15)20(27)23-21-18(19(22)26)16-10-12-24(2)13-17(16)30-21/h6-9H,4-5,10-13H2,1-3H3,(H2,22,26)(H,23,27)/p+1. The number of likely N-dealkylation sites (N-methyl/N-ethyl adjacent to an activating group) is 1. The van der Waals surface area contributed by atoms with Crippen LogP contribution in [0.2, 0.25) is 0 Å². The second-order valence-electron chi connectivity index (χ2n) is 7.86. The van der Waals surface area contributed by atoms with E-state index in [-0.39, 0.29) is 4.90 Å². The second-order valence-corrected chi connectivity index (χ2v) is 11.0. The lowest BCUT2D eigenvalue weighted by Crippen LogP contribution is -3.08. The number of nitrogens with two attached hydrogens (primary N) is 1. The molecule has 1 aliphatic rings. The summed E-state index contributed by atoms with van der Waals surface area (Å²) in [6.45, 7) is 4.13. The van der Waals surface area contributed by atoms with E-state index in [4.69, 9.17) is 5.73 Å². The first-order valence-electron chi connectivity index (χ1n) is 10.3. The van der Waals surface area contributed by atoms with Crippen LogP contribution in [0.1, 0.15) is 50.9 Å². The number of nitrogens with one attached hydrogen (secondary N) is 2. The van der Waals surface area contributed by atoms with Gasteiger partial charge in [-0.15, -0.1) is 11.3 Å². The molecule has 4 N–H and O–H groups in total. The molecule has 1 aromatic carbocycles. The minimum Gasteiger partial charge on any atom is -0.365 e. The molecule has 2 amide bonds. The van der Waals surface area contributed by atoms with Crippen molar-refractivity contribution in [2.24, 2.45) is 5.73 Å².